The van der Waals surface area contributed by atoms with Crippen LogP contribution in [0.2, 0.25) is 0 Å². The van der Waals surface area contributed by atoms with Gasteiger partial charge in [0.15, 0.2) is 0 Å². The number of benzene rings is 2. The van der Waals surface area contributed by atoms with Crippen molar-refractivity contribution < 1.29 is 9.13 Å². The average Bonchev–Trinajstić information content (AvgIpc) is 2.43. The van der Waals surface area contributed by atoms with Crippen molar-refractivity contribution in [3.05, 3.63) is 65.0 Å². The van der Waals surface area contributed by atoms with Gasteiger partial charge in [0.05, 0.1) is 7.11 Å². The van der Waals surface area contributed by atoms with Crippen molar-refractivity contribution in [3.8, 4) is 5.75 Å². The summed E-state index contributed by atoms with van der Waals surface area (Å²) in [6, 6.07) is 13.2. The lowest BCUT2D eigenvalue weighted by atomic mass is 9.71. The third kappa shape index (κ3) is 2.66. The second-order valence-corrected chi connectivity index (χ2v) is 5.89. The predicted molar refractivity (Wildman–Crippen MR) is 82.4 cm³/mol. The van der Waals surface area contributed by atoms with Crippen LogP contribution < -0.4 is 10.1 Å². The van der Waals surface area contributed by atoms with E-state index in [1.54, 1.807) is 19.2 Å². The van der Waals surface area contributed by atoms with Crippen LogP contribution in [-0.2, 0) is 11.8 Å². The first-order chi connectivity index (χ1) is 10.1. The molecule has 1 saturated heterocycles. The summed E-state index contributed by atoms with van der Waals surface area (Å²) in [5.41, 5.74) is 3.42. The maximum atomic E-state index is 13.6. The topological polar surface area (TPSA) is 21.3 Å². The molecular formula is C18H20FNO. The van der Waals surface area contributed by atoms with E-state index < -0.39 is 0 Å². The van der Waals surface area contributed by atoms with Crippen LogP contribution >= 0.6 is 0 Å². The summed E-state index contributed by atoms with van der Waals surface area (Å²) < 4.78 is 19.0. The summed E-state index contributed by atoms with van der Waals surface area (Å²) in [5, 5.41) is 3.33. The molecule has 0 amide bonds. The number of ether oxygens (including phenoxy) is 1. The smallest absolute Gasteiger partial charge is 0.123 e. The van der Waals surface area contributed by atoms with Crippen LogP contribution in [0, 0.1) is 12.7 Å². The first-order valence-corrected chi connectivity index (χ1v) is 7.23. The number of hydrogen-bond donors (Lipinski definition) is 1. The van der Waals surface area contributed by atoms with Gasteiger partial charge in [-0.2, -0.15) is 0 Å². The van der Waals surface area contributed by atoms with E-state index in [1.165, 1.54) is 17.2 Å². The molecule has 2 aromatic rings. The molecule has 3 rings (SSSR count). The summed E-state index contributed by atoms with van der Waals surface area (Å²) in [5.74, 6) is 0.735. The van der Waals surface area contributed by atoms with E-state index >= 15 is 0 Å². The highest BCUT2D eigenvalue weighted by Gasteiger charge is 2.39. The molecule has 110 valence electrons. The third-order valence-corrected chi connectivity index (χ3v) is 4.33. The van der Waals surface area contributed by atoms with Crippen molar-refractivity contribution in [1.82, 2.24) is 5.32 Å². The van der Waals surface area contributed by atoms with Crippen LogP contribution in [0.25, 0.3) is 0 Å². The highest BCUT2D eigenvalue weighted by molar-refractivity contribution is 5.41. The number of rotatable bonds is 4. The summed E-state index contributed by atoms with van der Waals surface area (Å²) in [7, 11) is 1.70. The zero-order chi connectivity index (χ0) is 14.9. The normalized spacial score (nSPS) is 16.3. The molecule has 21 heavy (non-hydrogen) atoms. The molecule has 2 nitrogen and oxygen atoms in total. The lowest BCUT2D eigenvalue weighted by Gasteiger charge is -2.43. The van der Waals surface area contributed by atoms with Crippen molar-refractivity contribution in [2.24, 2.45) is 0 Å². The quantitative estimate of drug-likeness (QED) is 0.931. The van der Waals surface area contributed by atoms with E-state index in [-0.39, 0.29) is 11.2 Å². The van der Waals surface area contributed by atoms with Crippen molar-refractivity contribution >= 4 is 0 Å². The van der Waals surface area contributed by atoms with Crippen LogP contribution in [0.1, 0.15) is 16.7 Å². The fraction of sp³-hybridized carbons (Fsp3) is 0.333. The van der Waals surface area contributed by atoms with Crippen LogP contribution in [-0.4, -0.2) is 20.2 Å². The molecule has 1 heterocycles. The second-order valence-electron chi connectivity index (χ2n) is 5.89. The van der Waals surface area contributed by atoms with Crippen molar-refractivity contribution in [3.63, 3.8) is 0 Å². The van der Waals surface area contributed by atoms with Gasteiger partial charge in [-0.3, -0.25) is 0 Å². The Morgan fingerprint density at radius 3 is 2.62 bits per heavy atom. The molecule has 0 atom stereocenters. The van der Waals surface area contributed by atoms with Gasteiger partial charge in [0.2, 0.25) is 0 Å². The highest BCUT2D eigenvalue weighted by atomic mass is 19.1. The molecular weight excluding hydrogens is 265 g/mol. The summed E-state index contributed by atoms with van der Waals surface area (Å²) in [6.07, 6.45) is 0.855. The van der Waals surface area contributed by atoms with Crippen LogP contribution in [0.15, 0.2) is 42.5 Å². The number of nitrogens with one attached hydrogen (secondary N) is 1. The largest absolute Gasteiger partial charge is 0.496 e. The predicted octanol–water partition coefficient (Wildman–Crippen LogP) is 3.23. The summed E-state index contributed by atoms with van der Waals surface area (Å²) in [6.45, 7) is 3.82. The molecule has 0 aromatic heterocycles. The molecule has 0 bridgehead atoms. The van der Waals surface area contributed by atoms with Gasteiger partial charge < -0.3 is 10.1 Å². The minimum Gasteiger partial charge on any atom is -0.496 e. The molecule has 0 spiro atoms. The maximum absolute atomic E-state index is 13.6. The summed E-state index contributed by atoms with van der Waals surface area (Å²) >= 11 is 0. The fourth-order valence-electron chi connectivity index (χ4n) is 3.09. The molecule has 1 aliphatic heterocycles. The van der Waals surface area contributed by atoms with Crippen molar-refractivity contribution in [1.29, 1.82) is 0 Å². The second kappa shape index (κ2) is 5.49. The highest BCUT2D eigenvalue weighted by Crippen LogP contribution is 2.35. The van der Waals surface area contributed by atoms with Gasteiger partial charge in [-0.1, -0.05) is 29.8 Å². The third-order valence-electron chi connectivity index (χ3n) is 4.33. The SMILES string of the molecule is COc1ccc(C)cc1CC1(c2cccc(F)c2)CNC1. The number of halogens is 1. The lowest BCUT2D eigenvalue weighted by Crippen LogP contribution is -2.58. The summed E-state index contributed by atoms with van der Waals surface area (Å²) in [4.78, 5) is 0. The molecule has 2 aromatic carbocycles. The van der Waals surface area contributed by atoms with E-state index in [0.717, 1.165) is 30.8 Å². The molecule has 0 aliphatic carbocycles. The zero-order valence-corrected chi connectivity index (χ0v) is 12.4. The van der Waals surface area contributed by atoms with Crippen LogP contribution in [0.5, 0.6) is 5.75 Å². The minimum absolute atomic E-state index is 0.0385. The van der Waals surface area contributed by atoms with Gasteiger partial charge in [0.1, 0.15) is 11.6 Å². The Balaban J connectivity index is 1.96. The van der Waals surface area contributed by atoms with Gasteiger partial charge in [0.25, 0.3) is 0 Å². The van der Waals surface area contributed by atoms with Crippen LogP contribution in [0.3, 0.4) is 0 Å². The minimum atomic E-state index is -0.171. The molecule has 1 fully saturated rings. The van der Waals surface area contributed by atoms with E-state index in [2.05, 4.69) is 24.4 Å². The molecule has 0 radical (unpaired) electrons. The first-order valence-electron chi connectivity index (χ1n) is 7.23. The number of hydrogen-bond acceptors (Lipinski definition) is 2. The molecule has 0 saturated carbocycles. The standard InChI is InChI=1S/C18H20FNO/c1-13-6-7-17(21-2)14(8-13)10-18(11-20-12-18)15-4-3-5-16(19)9-15/h3-9,20H,10-12H2,1-2H3. The van der Waals surface area contributed by atoms with Gasteiger partial charge >= 0.3 is 0 Å². The van der Waals surface area contributed by atoms with E-state index in [1.807, 2.05) is 12.1 Å². The Kier molecular flexibility index (Phi) is 3.68. The Hall–Kier alpha value is -1.87. The molecule has 1 aliphatic rings. The average molecular weight is 285 g/mol. The molecule has 3 heteroatoms. The van der Waals surface area contributed by atoms with E-state index in [4.69, 9.17) is 4.74 Å². The molecule has 0 unspecified atom stereocenters. The monoisotopic (exact) mass is 285 g/mol. The number of methoxy groups -OCH3 is 1. The lowest BCUT2D eigenvalue weighted by molar-refractivity contribution is 0.270. The zero-order valence-electron chi connectivity index (χ0n) is 12.4. The van der Waals surface area contributed by atoms with Gasteiger partial charge in [0, 0.05) is 18.5 Å². The first kappa shape index (κ1) is 14.1. The van der Waals surface area contributed by atoms with Gasteiger partial charge in [-0.05, 0) is 42.7 Å². The Bertz CT molecular complexity index is 649. The fourth-order valence-corrected chi connectivity index (χ4v) is 3.09. The van der Waals surface area contributed by atoms with E-state index in [0.29, 0.717) is 0 Å². The number of aryl methyl sites for hydroxylation is 1. The maximum Gasteiger partial charge on any atom is 0.123 e. The Morgan fingerprint density at radius 1 is 1.19 bits per heavy atom. The van der Waals surface area contributed by atoms with Gasteiger partial charge in [-0.25, -0.2) is 4.39 Å². The van der Waals surface area contributed by atoms with Crippen LogP contribution in [0.4, 0.5) is 4.39 Å². The van der Waals surface area contributed by atoms with Gasteiger partial charge in [-0.15, -0.1) is 0 Å². The Labute approximate surface area is 125 Å². The van der Waals surface area contributed by atoms with Crippen molar-refractivity contribution in [2.75, 3.05) is 20.2 Å². The van der Waals surface area contributed by atoms with Crippen molar-refractivity contribution in [2.45, 2.75) is 18.8 Å². The molecule has 1 N–H and O–H groups in total. The van der Waals surface area contributed by atoms with E-state index in [9.17, 15) is 4.39 Å². The Morgan fingerprint density at radius 2 is 2.00 bits per heavy atom.